The molecule has 17 heteroatoms. The third kappa shape index (κ3) is 5.95. The molecule has 2 N–H and O–H groups in total. The van der Waals surface area contributed by atoms with E-state index < -0.39 is 56.0 Å². The second-order valence-corrected chi connectivity index (χ2v) is 10.1. The summed E-state index contributed by atoms with van der Waals surface area (Å²) in [7, 11) is -2.29. The van der Waals surface area contributed by atoms with E-state index in [4.69, 9.17) is 27.8 Å². The van der Waals surface area contributed by atoms with E-state index in [9.17, 15) is 28.0 Å². The number of nitrogens with one attached hydrogen (secondary N) is 1. The number of aliphatic hydroxyl groups is 1. The van der Waals surface area contributed by atoms with Crippen LogP contribution in [0.3, 0.4) is 0 Å². The van der Waals surface area contributed by atoms with Gasteiger partial charge in [-0.05, 0) is 48.5 Å². The van der Waals surface area contributed by atoms with Crippen LogP contribution in [0.4, 0.5) is 17.6 Å². The predicted molar refractivity (Wildman–Crippen MR) is 132 cm³/mol. The Bertz CT molecular complexity index is 1460. The summed E-state index contributed by atoms with van der Waals surface area (Å²) in [4.78, 5) is 25.2. The van der Waals surface area contributed by atoms with Crippen molar-refractivity contribution in [1.29, 1.82) is 0 Å². The summed E-state index contributed by atoms with van der Waals surface area (Å²) in [5.41, 5.74) is -6.18. The number of aliphatic hydroxyl groups excluding tert-OH is 1. The molecule has 0 unspecified atom stereocenters. The molecule has 1 fully saturated rings. The van der Waals surface area contributed by atoms with Gasteiger partial charge < -0.3 is 28.4 Å². The van der Waals surface area contributed by atoms with Crippen molar-refractivity contribution in [2.75, 3.05) is 20.8 Å². The Labute approximate surface area is 228 Å². The highest BCUT2D eigenvalue weighted by Crippen LogP contribution is 2.56. The number of benzene rings is 2. The van der Waals surface area contributed by atoms with Crippen LogP contribution in [-0.2, 0) is 13.8 Å². The molecule has 0 spiro atoms. The summed E-state index contributed by atoms with van der Waals surface area (Å²) >= 11 is 0. The molecule has 1 aromatic heterocycles. The molecule has 0 saturated carbocycles. The molecule has 3 atom stereocenters. The van der Waals surface area contributed by atoms with E-state index in [1.54, 1.807) is 4.98 Å². The predicted octanol–water partition coefficient (Wildman–Crippen LogP) is 3.37. The minimum Gasteiger partial charge on any atom is -0.497 e. The van der Waals surface area contributed by atoms with Crippen molar-refractivity contribution in [1.82, 2.24) is 9.55 Å². The van der Waals surface area contributed by atoms with Crippen molar-refractivity contribution < 1.29 is 55.0 Å². The standard InChI is InChI=1S/C24H23F4N2O10P/c1-35-14-3-7-16(8-4-14)39-41(34,40-17-9-5-15(36-2)6-10-17)37-13-23(21(25)26)24(27,28)19(32)20(38-23)30-12-11-18(31)29-22(30)33/h3-12,19-21,32H,13H2,1-2H3,(H,29,31,33)/t19-,20+,23-/m0/s1. The van der Waals surface area contributed by atoms with Crippen molar-refractivity contribution >= 4 is 7.82 Å². The average Bonchev–Trinajstić information content (AvgIpc) is 3.14. The van der Waals surface area contributed by atoms with Gasteiger partial charge in [-0.15, -0.1) is 0 Å². The second kappa shape index (κ2) is 11.6. The number of phosphoric acid groups is 1. The molecule has 1 aliphatic heterocycles. The first kappa shape index (κ1) is 30.1. The van der Waals surface area contributed by atoms with Crippen molar-refractivity contribution in [2.24, 2.45) is 0 Å². The van der Waals surface area contributed by atoms with Gasteiger partial charge in [-0.2, -0.15) is 8.78 Å². The molecule has 0 radical (unpaired) electrons. The molecule has 222 valence electrons. The summed E-state index contributed by atoms with van der Waals surface area (Å²) in [6, 6.07) is 11.4. The zero-order valence-corrected chi connectivity index (χ0v) is 22.1. The quantitative estimate of drug-likeness (QED) is 0.246. The summed E-state index contributed by atoms with van der Waals surface area (Å²) in [5, 5.41) is 10.3. The van der Waals surface area contributed by atoms with Crippen LogP contribution in [0.5, 0.6) is 23.0 Å². The number of aromatic amines is 1. The Morgan fingerprint density at radius 2 is 1.44 bits per heavy atom. The smallest absolute Gasteiger partial charge is 0.497 e. The van der Waals surface area contributed by atoms with E-state index in [-0.39, 0.29) is 11.5 Å². The van der Waals surface area contributed by atoms with E-state index in [1.165, 1.54) is 62.8 Å². The van der Waals surface area contributed by atoms with Gasteiger partial charge in [-0.1, -0.05) is 0 Å². The van der Waals surface area contributed by atoms with Crippen LogP contribution in [0.2, 0.25) is 0 Å². The fourth-order valence-electron chi connectivity index (χ4n) is 3.79. The lowest BCUT2D eigenvalue weighted by molar-refractivity contribution is -0.242. The number of hydrogen-bond donors (Lipinski definition) is 2. The number of ether oxygens (including phenoxy) is 3. The molecular formula is C24H23F4N2O10P. The zero-order chi connectivity index (χ0) is 30.0. The second-order valence-electron chi connectivity index (χ2n) is 8.54. The van der Waals surface area contributed by atoms with Gasteiger partial charge in [-0.3, -0.25) is 18.9 Å². The number of alkyl halides is 4. The molecular weight excluding hydrogens is 583 g/mol. The first-order valence-corrected chi connectivity index (χ1v) is 13.1. The Balaban J connectivity index is 1.68. The zero-order valence-electron chi connectivity index (χ0n) is 21.2. The minimum atomic E-state index is -5.05. The molecule has 0 aliphatic carbocycles. The molecule has 12 nitrogen and oxygen atoms in total. The highest BCUT2D eigenvalue weighted by Gasteiger charge is 2.74. The Morgan fingerprint density at radius 3 is 1.88 bits per heavy atom. The minimum absolute atomic E-state index is 0.175. The first-order chi connectivity index (χ1) is 19.3. The van der Waals surface area contributed by atoms with E-state index in [0.717, 1.165) is 6.07 Å². The van der Waals surface area contributed by atoms with Gasteiger partial charge >= 0.3 is 19.4 Å². The van der Waals surface area contributed by atoms with Gasteiger partial charge in [0.25, 0.3) is 12.0 Å². The SMILES string of the molecule is COc1ccc(OP(=O)(OC[C@@]2(C(F)F)O[C@@H](n3ccc(=O)[nH]c3=O)[C@H](O)C2(F)F)Oc2ccc(OC)cc2)cc1. The van der Waals surface area contributed by atoms with Crippen molar-refractivity contribution in [3.05, 3.63) is 81.6 Å². The lowest BCUT2D eigenvalue weighted by Crippen LogP contribution is -2.57. The van der Waals surface area contributed by atoms with Crippen molar-refractivity contribution in [3.63, 3.8) is 0 Å². The highest BCUT2D eigenvalue weighted by molar-refractivity contribution is 7.49. The van der Waals surface area contributed by atoms with Crippen LogP contribution >= 0.6 is 7.82 Å². The number of halogens is 4. The third-order valence-electron chi connectivity index (χ3n) is 6.01. The lowest BCUT2D eigenvalue weighted by atomic mass is 9.95. The molecule has 3 aromatic rings. The number of phosphoric ester groups is 1. The Kier molecular flexibility index (Phi) is 8.49. The monoisotopic (exact) mass is 606 g/mol. The van der Waals surface area contributed by atoms with Gasteiger partial charge in [-0.25, -0.2) is 18.1 Å². The number of methoxy groups -OCH3 is 2. The molecule has 1 aliphatic rings. The maximum Gasteiger partial charge on any atom is 0.587 e. The van der Waals surface area contributed by atoms with E-state index in [1.807, 2.05) is 0 Å². The molecule has 0 amide bonds. The first-order valence-electron chi connectivity index (χ1n) is 11.6. The topological polar surface area (TPSA) is 148 Å². The average molecular weight is 606 g/mol. The highest BCUT2D eigenvalue weighted by atomic mass is 31.2. The molecule has 2 heterocycles. The summed E-state index contributed by atoms with van der Waals surface area (Å²) in [5.74, 6) is -4.39. The van der Waals surface area contributed by atoms with Crippen LogP contribution in [0.25, 0.3) is 0 Å². The number of nitrogens with zero attached hydrogens (tertiary/aromatic N) is 1. The Hall–Kier alpha value is -3.85. The fraction of sp³-hybridized carbons (Fsp3) is 0.333. The molecule has 0 bridgehead atoms. The van der Waals surface area contributed by atoms with E-state index in [0.29, 0.717) is 22.3 Å². The van der Waals surface area contributed by atoms with Crippen LogP contribution in [0, 0.1) is 0 Å². The van der Waals surface area contributed by atoms with Crippen LogP contribution < -0.4 is 29.8 Å². The van der Waals surface area contributed by atoms with E-state index >= 15 is 8.78 Å². The lowest BCUT2D eigenvalue weighted by Gasteiger charge is -2.33. The molecule has 4 rings (SSSR count). The van der Waals surface area contributed by atoms with Crippen LogP contribution in [0.15, 0.2) is 70.4 Å². The van der Waals surface area contributed by atoms with E-state index in [2.05, 4.69) is 0 Å². The molecule has 2 aromatic carbocycles. The summed E-state index contributed by atoms with van der Waals surface area (Å²) in [6.45, 7) is -1.84. The molecule has 1 saturated heterocycles. The number of aromatic nitrogens is 2. The van der Waals surface area contributed by atoms with Crippen LogP contribution in [0.1, 0.15) is 6.23 Å². The summed E-state index contributed by atoms with van der Waals surface area (Å²) < 4.78 is 104. The maximum absolute atomic E-state index is 15.3. The van der Waals surface area contributed by atoms with Gasteiger partial charge in [0, 0.05) is 12.3 Å². The van der Waals surface area contributed by atoms with Crippen LogP contribution in [-0.4, -0.2) is 59.5 Å². The van der Waals surface area contributed by atoms with Gasteiger partial charge in [0.05, 0.1) is 14.2 Å². The van der Waals surface area contributed by atoms with Gasteiger partial charge in [0.1, 0.15) is 29.6 Å². The Morgan fingerprint density at radius 1 is 0.951 bits per heavy atom. The van der Waals surface area contributed by atoms with Gasteiger partial charge in [0.15, 0.2) is 12.3 Å². The fourth-order valence-corrected chi connectivity index (χ4v) is 5.04. The number of hydrogen-bond acceptors (Lipinski definition) is 10. The van der Waals surface area contributed by atoms with Crippen molar-refractivity contribution in [3.8, 4) is 23.0 Å². The number of H-pyrrole nitrogens is 1. The number of rotatable bonds is 11. The maximum atomic E-state index is 15.3. The van der Waals surface area contributed by atoms with Gasteiger partial charge in [0.2, 0.25) is 5.60 Å². The van der Waals surface area contributed by atoms with Crippen molar-refractivity contribution in [2.45, 2.75) is 30.3 Å². The largest absolute Gasteiger partial charge is 0.587 e. The molecule has 41 heavy (non-hydrogen) atoms. The summed E-state index contributed by atoms with van der Waals surface area (Å²) in [6.07, 6.45) is -8.80. The third-order valence-corrected chi connectivity index (χ3v) is 7.32. The normalized spacial score (nSPS) is 22.0.